The van der Waals surface area contributed by atoms with Gasteiger partial charge in [0.2, 0.25) is 0 Å². The predicted octanol–water partition coefficient (Wildman–Crippen LogP) is 4.27. The van der Waals surface area contributed by atoms with E-state index in [9.17, 15) is 0 Å². The molecule has 1 aromatic heterocycles. The lowest BCUT2D eigenvalue weighted by atomic mass is 9.85. The van der Waals surface area contributed by atoms with Crippen molar-refractivity contribution < 1.29 is 0 Å². The summed E-state index contributed by atoms with van der Waals surface area (Å²) in [5, 5.41) is 2.88. The standard InChI is InChI=1S/C13H21ClN2S/c14-11-8-9-17-13(11)12(16-15)7-6-10-4-2-1-3-5-10/h8-10,12,16H,1-7,15H2. The largest absolute Gasteiger partial charge is 0.271 e. The fourth-order valence-electron chi connectivity index (χ4n) is 2.72. The van der Waals surface area contributed by atoms with Gasteiger partial charge >= 0.3 is 0 Å². The highest BCUT2D eigenvalue weighted by Crippen LogP contribution is 2.34. The highest BCUT2D eigenvalue weighted by molar-refractivity contribution is 7.10. The Balaban J connectivity index is 1.85. The maximum Gasteiger partial charge on any atom is 0.0568 e. The van der Waals surface area contributed by atoms with Crippen LogP contribution in [0.3, 0.4) is 0 Å². The van der Waals surface area contributed by atoms with Crippen LogP contribution in [0.2, 0.25) is 5.02 Å². The summed E-state index contributed by atoms with van der Waals surface area (Å²) in [6.45, 7) is 0. The lowest BCUT2D eigenvalue weighted by Crippen LogP contribution is -2.28. The third kappa shape index (κ3) is 3.68. The summed E-state index contributed by atoms with van der Waals surface area (Å²) in [4.78, 5) is 1.19. The van der Waals surface area contributed by atoms with Gasteiger partial charge in [-0.2, -0.15) is 0 Å². The Bertz CT molecular complexity index is 334. The van der Waals surface area contributed by atoms with Crippen LogP contribution in [0.4, 0.5) is 0 Å². The SMILES string of the molecule is NNC(CCC1CCCCC1)c1sccc1Cl. The third-order valence-electron chi connectivity index (χ3n) is 3.75. The molecule has 96 valence electrons. The summed E-state index contributed by atoms with van der Waals surface area (Å²) in [7, 11) is 0. The van der Waals surface area contributed by atoms with Crippen molar-refractivity contribution in [3.05, 3.63) is 21.3 Å². The minimum absolute atomic E-state index is 0.226. The van der Waals surface area contributed by atoms with Crippen LogP contribution < -0.4 is 11.3 Å². The molecule has 0 radical (unpaired) electrons. The van der Waals surface area contributed by atoms with E-state index in [2.05, 4.69) is 5.43 Å². The average molecular weight is 273 g/mol. The Labute approximate surface area is 113 Å². The molecule has 1 atom stereocenters. The van der Waals surface area contributed by atoms with Gasteiger partial charge in [0.05, 0.1) is 11.1 Å². The van der Waals surface area contributed by atoms with Crippen LogP contribution in [0.5, 0.6) is 0 Å². The molecule has 1 fully saturated rings. The van der Waals surface area contributed by atoms with Crippen LogP contribution in [-0.2, 0) is 0 Å². The van der Waals surface area contributed by atoms with Crippen molar-refractivity contribution in [2.45, 2.75) is 51.0 Å². The van der Waals surface area contributed by atoms with Gasteiger partial charge in [0.15, 0.2) is 0 Å². The summed E-state index contributed by atoms with van der Waals surface area (Å²) < 4.78 is 0. The van der Waals surface area contributed by atoms with E-state index in [0.717, 1.165) is 17.4 Å². The van der Waals surface area contributed by atoms with Crippen molar-refractivity contribution in [2.75, 3.05) is 0 Å². The number of hydrazine groups is 1. The fraction of sp³-hybridized carbons (Fsp3) is 0.692. The zero-order valence-electron chi connectivity index (χ0n) is 10.1. The molecule has 0 saturated heterocycles. The Morgan fingerprint density at radius 2 is 2.18 bits per heavy atom. The normalized spacial score (nSPS) is 19.4. The van der Waals surface area contributed by atoms with E-state index < -0.39 is 0 Å². The van der Waals surface area contributed by atoms with E-state index in [1.54, 1.807) is 11.3 Å². The number of nitrogens with two attached hydrogens (primary N) is 1. The molecule has 0 amide bonds. The number of halogens is 1. The summed E-state index contributed by atoms with van der Waals surface area (Å²) in [5.41, 5.74) is 2.91. The van der Waals surface area contributed by atoms with Crippen molar-refractivity contribution in [3.63, 3.8) is 0 Å². The van der Waals surface area contributed by atoms with Gasteiger partial charge in [0, 0.05) is 4.88 Å². The molecule has 1 saturated carbocycles. The van der Waals surface area contributed by atoms with Gasteiger partial charge in [-0.05, 0) is 30.2 Å². The molecule has 0 aliphatic heterocycles. The first-order valence-electron chi connectivity index (χ1n) is 6.50. The van der Waals surface area contributed by atoms with Crippen molar-refractivity contribution >= 4 is 22.9 Å². The lowest BCUT2D eigenvalue weighted by molar-refractivity contribution is 0.316. The van der Waals surface area contributed by atoms with Gasteiger partial charge in [-0.15, -0.1) is 11.3 Å². The van der Waals surface area contributed by atoms with E-state index in [4.69, 9.17) is 17.4 Å². The second kappa shape index (κ2) is 6.74. The van der Waals surface area contributed by atoms with Gasteiger partial charge in [-0.3, -0.25) is 11.3 Å². The van der Waals surface area contributed by atoms with Gasteiger partial charge in [-0.1, -0.05) is 43.7 Å². The maximum absolute atomic E-state index is 6.15. The molecular formula is C13H21ClN2S. The van der Waals surface area contributed by atoms with Crippen LogP contribution in [-0.4, -0.2) is 0 Å². The summed E-state index contributed by atoms with van der Waals surface area (Å²) in [5.74, 6) is 6.55. The number of nitrogens with one attached hydrogen (secondary N) is 1. The number of thiophene rings is 1. The first-order valence-corrected chi connectivity index (χ1v) is 7.76. The molecule has 2 nitrogen and oxygen atoms in total. The van der Waals surface area contributed by atoms with Gasteiger partial charge in [0.1, 0.15) is 0 Å². The van der Waals surface area contributed by atoms with Gasteiger partial charge in [-0.25, -0.2) is 0 Å². The maximum atomic E-state index is 6.15. The molecule has 3 N–H and O–H groups in total. The zero-order valence-corrected chi connectivity index (χ0v) is 11.7. The molecule has 17 heavy (non-hydrogen) atoms. The second-order valence-corrected chi connectivity index (χ2v) is 6.29. The summed E-state index contributed by atoms with van der Waals surface area (Å²) >= 11 is 7.84. The fourth-order valence-corrected chi connectivity index (χ4v) is 4.01. The molecule has 0 spiro atoms. The van der Waals surface area contributed by atoms with Crippen molar-refractivity contribution in [1.82, 2.24) is 5.43 Å². The minimum Gasteiger partial charge on any atom is -0.271 e. The second-order valence-electron chi connectivity index (χ2n) is 4.93. The highest BCUT2D eigenvalue weighted by Gasteiger charge is 2.18. The van der Waals surface area contributed by atoms with E-state index in [0.29, 0.717) is 0 Å². The van der Waals surface area contributed by atoms with Gasteiger partial charge in [0.25, 0.3) is 0 Å². The van der Waals surface area contributed by atoms with Crippen LogP contribution in [0.25, 0.3) is 0 Å². The first-order chi connectivity index (χ1) is 8.31. The Kier molecular flexibility index (Phi) is 5.29. The Morgan fingerprint density at radius 3 is 2.76 bits per heavy atom. The highest BCUT2D eigenvalue weighted by atomic mass is 35.5. The predicted molar refractivity (Wildman–Crippen MR) is 75.2 cm³/mol. The average Bonchev–Trinajstić information content (AvgIpc) is 2.78. The van der Waals surface area contributed by atoms with E-state index in [1.807, 2.05) is 11.4 Å². The molecule has 0 bridgehead atoms. The molecule has 1 unspecified atom stereocenters. The van der Waals surface area contributed by atoms with Crippen LogP contribution >= 0.6 is 22.9 Å². The van der Waals surface area contributed by atoms with Crippen LogP contribution in [0.15, 0.2) is 11.4 Å². The smallest absolute Gasteiger partial charge is 0.0568 e. The minimum atomic E-state index is 0.226. The monoisotopic (exact) mass is 272 g/mol. The molecule has 4 heteroatoms. The quantitative estimate of drug-likeness (QED) is 0.621. The number of hydrogen-bond acceptors (Lipinski definition) is 3. The van der Waals surface area contributed by atoms with Crippen molar-refractivity contribution in [3.8, 4) is 0 Å². The Hall–Kier alpha value is -0.0900. The number of hydrogen-bond donors (Lipinski definition) is 2. The molecule has 1 heterocycles. The molecule has 1 aliphatic rings. The lowest BCUT2D eigenvalue weighted by Gasteiger charge is -2.23. The van der Waals surface area contributed by atoms with E-state index in [1.165, 1.54) is 43.4 Å². The molecule has 0 aromatic carbocycles. The van der Waals surface area contributed by atoms with E-state index in [-0.39, 0.29) is 6.04 Å². The third-order valence-corrected chi connectivity index (χ3v) is 5.22. The topological polar surface area (TPSA) is 38.0 Å². The zero-order chi connectivity index (χ0) is 12.1. The molecule has 2 rings (SSSR count). The van der Waals surface area contributed by atoms with Crippen molar-refractivity contribution in [2.24, 2.45) is 11.8 Å². The first kappa shape index (κ1) is 13.3. The number of rotatable bonds is 5. The molecular weight excluding hydrogens is 252 g/mol. The van der Waals surface area contributed by atoms with Crippen molar-refractivity contribution in [1.29, 1.82) is 0 Å². The summed E-state index contributed by atoms with van der Waals surface area (Å²) in [6, 6.07) is 2.18. The molecule has 1 aliphatic carbocycles. The molecule has 1 aromatic rings. The summed E-state index contributed by atoms with van der Waals surface area (Å²) in [6.07, 6.45) is 9.40. The van der Waals surface area contributed by atoms with Crippen LogP contribution in [0.1, 0.15) is 55.9 Å². The van der Waals surface area contributed by atoms with E-state index >= 15 is 0 Å². The van der Waals surface area contributed by atoms with Crippen LogP contribution in [0, 0.1) is 5.92 Å². The Morgan fingerprint density at radius 1 is 1.41 bits per heavy atom. The van der Waals surface area contributed by atoms with Gasteiger partial charge < -0.3 is 0 Å².